The summed E-state index contributed by atoms with van der Waals surface area (Å²) in [6, 6.07) is 12.2. The number of methoxy groups -OCH3 is 1. The zero-order valence-corrected chi connectivity index (χ0v) is 21.5. The molecule has 2 aromatic carbocycles. The second-order valence-corrected chi connectivity index (χ2v) is 8.69. The molecule has 1 aliphatic heterocycles. The van der Waals surface area contributed by atoms with E-state index in [1.165, 1.54) is 12.1 Å². The lowest BCUT2D eigenvalue weighted by molar-refractivity contribution is 0.142. The molecule has 1 aliphatic rings. The van der Waals surface area contributed by atoms with Crippen molar-refractivity contribution in [3.63, 3.8) is 0 Å². The van der Waals surface area contributed by atoms with Gasteiger partial charge in [-0.15, -0.1) is 0 Å². The SMILES string of the molecule is CCN(CC)CCOC(=O)Nc1ccc(CN2N=C(c3ccc(OC)c(OCF)c3)CSC2=O)cc1. The van der Waals surface area contributed by atoms with Crippen LogP contribution in [0.2, 0.25) is 0 Å². The molecule has 0 spiro atoms. The zero-order valence-electron chi connectivity index (χ0n) is 20.7. The molecule has 2 aromatic rings. The Balaban J connectivity index is 1.61. The molecule has 0 unspecified atom stereocenters. The molecule has 0 bridgehead atoms. The summed E-state index contributed by atoms with van der Waals surface area (Å²) < 4.78 is 28.2. The van der Waals surface area contributed by atoms with Gasteiger partial charge in [-0.05, 0) is 49.0 Å². The first-order chi connectivity index (χ1) is 17.5. The number of carbonyl (C=O) groups excluding carboxylic acids is 2. The van der Waals surface area contributed by atoms with E-state index in [0.29, 0.717) is 41.6 Å². The molecule has 3 rings (SSSR count). The Bertz CT molecular complexity index is 1060. The van der Waals surface area contributed by atoms with E-state index in [0.717, 1.165) is 30.4 Å². The molecule has 0 atom stereocenters. The minimum atomic E-state index is -0.982. The molecule has 36 heavy (non-hydrogen) atoms. The molecule has 2 amide bonds. The fourth-order valence-electron chi connectivity index (χ4n) is 3.52. The van der Waals surface area contributed by atoms with E-state index in [1.54, 1.807) is 30.3 Å². The lowest BCUT2D eigenvalue weighted by atomic mass is 10.1. The van der Waals surface area contributed by atoms with Crippen LogP contribution in [0.15, 0.2) is 47.6 Å². The number of anilines is 1. The summed E-state index contributed by atoms with van der Waals surface area (Å²) in [4.78, 5) is 26.7. The van der Waals surface area contributed by atoms with E-state index < -0.39 is 13.0 Å². The summed E-state index contributed by atoms with van der Waals surface area (Å²) >= 11 is 1.13. The molecule has 0 aliphatic carbocycles. The Morgan fingerprint density at radius 3 is 2.58 bits per heavy atom. The van der Waals surface area contributed by atoms with Crippen LogP contribution in [0.4, 0.5) is 19.7 Å². The van der Waals surface area contributed by atoms with E-state index >= 15 is 0 Å². The van der Waals surface area contributed by atoms with Crippen LogP contribution < -0.4 is 14.8 Å². The van der Waals surface area contributed by atoms with Crippen molar-refractivity contribution >= 4 is 34.5 Å². The topological polar surface area (TPSA) is 92.7 Å². The summed E-state index contributed by atoms with van der Waals surface area (Å²) in [5.41, 5.74) is 2.80. The summed E-state index contributed by atoms with van der Waals surface area (Å²) in [6.45, 7) is 6.21. The number of alkyl halides is 1. The van der Waals surface area contributed by atoms with Crippen LogP contribution in [0, 0.1) is 0 Å². The van der Waals surface area contributed by atoms with Gasteiger partial charge in [-0.25, -0.2) is 14.2 Å². The van der Waals surface area contributed by atoms with Gasteiger partial charge < -0.3 is 19.1 Å². The number of hydrazone groups is 1. The Kier molecular flexibility index (Phi) is 10.4. The van der Waals surface area contributed by atoms with Crippen LogP contribution in [-0.4, -0.2) is 72.9 Å². The van der Waals surface area contributed by atoms with Gasteiger partial charge in [0.1, 0.15) is 6.61 Å². The molecule has 0 aromatic heterocycles. The third-order valence-corrected chi connectivity index (χ3v) is 6.43. The zero-order chi connectivity index (χ0) is 25.9. The summed E-state index contributed by atoms with van der Waals surface area (Å²) in [7, 11) is 1.48. The van der Waals surface area contributed by atoms with Crippen molar-refractivity contribution in [3.8, 4) is 11.5 Å². The highest BCUT2D eigenvalue weighted by Crippen LogP contribution is 2.30. The molecule has 194 valence electrons. The molecule has 0 radical (unpaired) electrons. The normalized spacial score (nSPS) is 13.4. The fourth-order valence-corrected chi connectivity index (χ4v) is 4.26. The Morgan fingerprint density at radius 1 is 1.17 bits per heavy atom. The molecule has 1 N–H and O–H groups in total. The Labute approximate surface area is 214 Å². The van der Waals surface area contributed by atoms with Gasteiger partial charge in [-0.2, -0.15) is 5.10 Å². The second kappa shape index (κ2) is 13.7. The van der Waals surface area contributed by atoms with Crippen LogP contribution in [-0.2, 0) is 11.3 Å². The summed E-state index contributed by atoms with van der Waals surface area (Å²) in [6.07, 6.45) is -0.512. The first-order valence-electron chi connectivity index (χ1n) is 11.6. The third-order valence-electron chi connectivity index (χ3n) is 5.56. The average Bonchev–Trinajstić information content (AvgIpc) is 2.89. The number of halogens is 1. The number of nitrogens with zero attached hydrogens (tertiary/aromatic N) is 3. The largest absolute Gasteiger partial charge is 0.493 e. The van der Waals surface area contributed by atoms with Gasteiger partial charge in [0.25, 0.3) is 0 Å². The van der Waals surface area contributed by atoms with Crippen molar-refractivity contribution in [1.82, 2.24) is 9.91 Å². The minimum absolute atomic E-state index is 0.175. The van der Waals surface area contributed by atoms with Crippen molar-refractivity contribution in [2.24, 2.45) is 5.10 Å². The van der Waals surface area contributed by atoms with E-state index in [2.05, 4.69) is 29.2 Å². The first kappa shape index (κ1) is 27.3. The van der Waals surface area contributed by atoms with Crippen molar-refractivity contribution in [1.29, 1.82) is 0 Å². The minimum Gasteiger partial charge on any atom is -0.493 e. The van der Waals surface area contributed by atoms with Crippen LogP contribution in [0.5, 0.6) is 11.5 Å². The molecule has 0 saturated carbocycles. The molecule has 0 fully saturated rings. The Morgan fingerprint density at radius 2 is 1.92 bits per heavy atom. The van der Waals surface area contributed by atoms with E-state index in [-0.39, 0.29) is 17.5 Å². The van der Waals surface area contributed by atoms with Gasteiger partial charge in [-0.3, -0.25) is 10.1 Å². The monoisotopic (exact) mass is 518 g/mol. The van der Waals surface area contributed by atoms with Crippen molar-refractivity contribution in [3.05, 3.63) is 53.6 Å². The highest BCUT2D eigenvalue weighted by atomic mass is 32.2. The molecular formula is C25H31FN4O5S. The standard InChI is InChI=1S/C25H31FN4O5S/c1-4-29(5-2)12-13-34-24(31)27-20-9-6-18(7-10-20)15-30-25(32)36-16-21(28-30)19-8-11-22(33-3)23(14-19)35-17-26/h6-11,14H,4-5,12-13,15-17H2,1-3H3,(H,27,31). The van der Waals surface area contributed by atoms with Gasteiger partial charge in [0.2, 0.25) is 6.86 Å². The van der Waals surface area contributed by atoms with Crippen LogP contribution in [0.3, 0.4) is 0 Å². The maximum Gasteiger partial charge on any atom is 0.411 e. The maximum atomic E-state index is 12.7. The number of amides is 2. The van der Waals surface area contributed by atoms with Gasteiger partial charge in [0.05, 0.1) is 19.4 Å². The number of nitrogens with one attached hydrogen (secondary N) is 1. The lowest BCUT2D eigenvalue weighted by Crippen LogP contribution is -2.29. The van der Waals surface area contributed by atoms with E-state index in [4.69, 9.17) is 14.2 Å². The Hall–Kier alpha value is -3.31. The van der Waals surface area contributed by atoms with E-state index in [9.17, 15) is 14.0 Å². The number of benzene rings is 2. The summed E-state index contributed by atoms with van der Waals surface area (Å²) in [5, 5.41) is 8.43. The molecular weight excluding hydrogens is 487 g/mol. The van der Waals surface area contributed by atoms with Gasteiger partial charge in [0.15, 0.2) is 11.5 Å². The predicted molar refractivity (Wildman–Crippen MR) is 139 cm³/mol. The highest BCUT2D eigenvalue weighted by Gasteiger charge is 2.23. The second-order valence-electron chi connectivity index (χ2n) is 7.76. The summed E-state index contributed by atoms with van der Waals surface area (Å²) in [5.74, 6) is 1.06. The lowest BCUT2D eigenvalue weighted by Gasteiger charge is -2.23. The number of likely N-dealkylation sites (N-methyl/N-ethyl adjacent to an activating group) is 1. The van der Waals surface area contributed by atoms with Crippen molar-refractivity contribution < 1.29 is 28.2 Å². The first-order valence-corrected chi connectivity index (χ1v) is 12.6. The van der Waals surface area contributed by atoms with Crippen LogP contribution in [0.1, 0.15) is 25.0 Å². The number of ether oxygens (including phenoxy) is 3. The van der Waals surface area contributed by atoms with Crippen molar-refractivity contribution in [2.45, 2.75) is 20.4 Å². The van der Waals surface area contributed by atoms with Crippen molar-refractivity contribution in [2.75, 3.05) is 51.3 Å². The van der Waals surface area contributed by atoms with Crippen LogP contribution >= 0.6 is 11.8 Å². The molecule has 1 heterocycles. The number of hydrogen-bond acceptors (Lipinski definition) is 8. The van der Waals surface area contributed by atoms with Crippen LogP contribution in [0.25, 0.3) is 0 Å². The third kappa shape index (κ3) is 7.59. The maximum absolute atomic E-state index is 12.7. The number of carbonyl (C=O) groups is 2. The smallest absolute Gasteiger partial charge is 0.411 e. The number of rotatable bonds is 12. The quantitative estimate of drug-likeness (QED) is 0.424. The van der Waals surface area contributed by atoms with Gasteiger partial charge >= 0.3 is 11.3 Å². The van der Waals surface area contributed by atoms with E-state index in [1.807, 2.05) is 12.1 Å². The average molecular weight is 519 g/mol. The highest BCUT2D eigenvalue weighted by molar-refractivity contribution is 8.14. The number of thioether (sulfide) groups is 1. The predicted octanol–water partition coefficient (Wildman–Crippen LogP) is 4.96. The molecule has 0 saturated heterocycles. The fraction of sp³-hybridized carbons (Fsp3) is 0.400. The number of hydrogen-bond donors (Lipinski definition) is 1. The van der Waals surface area contributed by atoms with Gasteiger partial charge in [0, 0.05) is 23.5 Å². The van der Waals surface area contributed by atoms with Gasteiger partial charge in [-0.1, -0.05) is 37.7 Å². The molecule has 9 nitrogen and oxygen atoms in total. The molecule has 11 heteroatoms.